The molecule has 0 unspecified atom stereocenters. The van der Waals surface area contributed by atoms with Crippen LogP contribution < -0.4 is 0 Å². The van der Waals surface area contributed by atoms with Crippen LogP contribution in [0.3, 0.4) is 0 Å². The first-order valence-corrected chi connectivity index (χ1v) is 37.5. The third-order valence-electron chi connectivity index (χ3n) is 18.4. The van der Waals surface area contributed by atoms with Gasteiger partial charge in [-0.25, -0.2) is 80.2 Å². The molecule has 9 rings (SSSR count). The van der Waals surface area contributed by atoms with Crippen molar-refractivity contribution in [2.24, 2.45) is 0 Å². The van der Waals surface area contributed by atoms with Crippen LogP contribution in [-0.2, 0) is 0 Å². The minimum atomic E-state index is -9.19. The van der Waals surface area contributed by atoms with Gasteiger partial charge in [0.05, 0.1) is 64.6 Å². The number of hydrogen-bond donors (Lipinski definition) is 2. The molecule has 0 radical (unpaired) electrons. The molecule has 4 nitrogen and oxygen atoms in total. The number of benzene rings is 4. The summed E-state index contributed by atoms with van der Waals surface area (Å²) in [6, 6.07) is 1.11. The van der Waals surface area contributed by atoms with Crippen LogP contribution in [0.15, 0.2) is 43.8 Å². The summed E-state index contributed by atoms with van der Waals surface area (Å²) in [7, 11) is 0. The first kappa shape index (κ1) is 103. The normalized spacial score (nSPS) is 14.4. The van der Waals surface area contributed by atoms with E-state index in [1.807, 2.05) is 4.98 Å². The smallest absolute Gasteiger partial charge is 0.354 e. The van der Waals surface area contributed by atoms with Gasteiger partial charge >= 0.3 is 95.3 Å². The van der Waals surface area contributed by atoms with Crippen LogP contribution in [0.1, 0.15) is 62.3 Å². The first-order valence-electron chi connectivity index (χ1n) is 33.6. The second-order valence-electron chi connectivity index (χ2n) is 26.5. The predicted molar refractivity (Wildman–Crippen MR) is 354 cm³/mol. The lowest BCUT2D eigenvalue weighted by Crippen LogP contribution is -2.74. The van der Waals surface area contributed by atoms with Crippen molar-refractivity contribution in [1.82, 2.24) is 19.9 Å². The van der Waals surface area contributed by atoms with Crippen LogP contribution >= 0.6 is 47.0 Å². The number of nitrogens with zero attached hydrogens (tertiary/aromatic N) is 2. The summed E-state index contributed by atoms with van der Waals surface area (Å²) < 4.78 is 748. The Labute approximate surface area is 692 Å². The van der Waals surface area contributed by atoms with Crippen molar-refractivity contribution >= 4 is 93.4 Å². The van der Waals surface area contributed by atoms with Crippen molar-refractivity contribution in [2.75, 3.05) is 23.0 Å². The largest absolute Gasteiger partial charge is 0.460 e. The zero-order chi connectivity index (χ0) is 97.8. The molecule has 4 aromatic carbocycles. The lowest BCUT2D eigenvalue weighted by Gasteiger charge is -2.42. The van der Waals surface area contributed by atoms with Crippen LogP contribution in [0, 0.1) is 93.1 Å². The molecule has 3 aromatic heterocycles. The van der Waals surface area contributed by atoms with Crippen molar-refractivity contribution in [3.63, 3.8) is 0 Å². The second-order valence-corrected chi connectivity index (χ2v) is 31.0. The number of halogens is 50. The number of hydrogen-bond acceptors (Lipinski definition) is 6. The van der Waals surface area contributed by atoms with E-state index in [-0.39, 0.29) is 84.3 Å². The quantitative estimate of drug-likeness (QED) is 0.0266. The molecule has 2 aliphatic heterocycles. The molecule has 0 aliphatic carbocycles. The fraction of sp³-hybridized carbons (Fsp3) is 0.371. The van der Waals surface area contributed by atoms with Gasteiger partial charge in [-0.15, -0.1) is 47.0 Å². The molecule has 706 valence electrons. The standard InChI is InChI=1S/C70H32F50N4S4/c1-3-15-125-51-43(79)35(71)31(36(72)44(51)80)27-19-5-6-20(121-19)28(32-37(73)45(81)52(126-16-4-2)46(82)38(32)74)22-8-10-24(123-22)30(34-41(77)49(85)54(50(86)42(34)78)128-18-14-56(89,90)58(93,94)60(97,98)62(101,102)64(105,106)66(109,110)68(113,114)70(118,119)120)26-12-11-25(124-26)29(23-9-7-21(27)122-23)33-39(75)47(83)53(48(84)40(33)76)127-17-13-55(87,88)57(91,92)59(95,96)61(99,100)63(103,104)65(107,108)67(111,112)69(115,116)117/h5-12,121,124H,3-4,13-18H2,1-2H3. The van der Waals surface area contributed by atoms with E-state index in [0.717, 1.165) is 0 Å². The molecule has 2 N–H and O–H groups in total. The van der Waals surface area contributed by atoms with E-state index < -0.39 is 345 Å². The molecule has 0 saturated carbocycles. The zero-order valence-corrected chi connectivity index (χ0v) is 64.0. The van der Waals surface area contributed by atoms with Crippen LogP contribution in [0.25, 0.3) is 90.9 Å². The number of nitrogens with one attached hydrogen (secondary N) is 2. The molecule has 0 saturated heterocycles. The fourth-order valence-electron chi connectivity index (χ4n) is 11.8. The first-order chi connectivity index (χ1) is 58.0. The van der Waals surface area contributed by atoms with Gasteiger partial charge in [0, 0.05) is 68.7 Å². The maximum absolute atomic E-state index is 17.3. The lowest BCUT2D eigenvalue weighted by molar-refractivity contribution is -0.461. The molecule has 0 spiro atoms. The molecule has 5 heterocycles. The topological polar surface area (TPSA) is 57.4 Å². The van der Waals surface area contributed by atoms with Crippen LogP contribution in [0.4, 0.5) is 220 Å². The Morgan fingerprint density at radius 2 is 0.383 bits per heavy atom. The van der Waals surface area contributed by atoms with Gasteiger partial charge in [0.1, 0.15) is 0 Å². The Morgan fingerprint density at radius 1 is 0.219 bits per heavy atom. The van der Waals surface area contributed by atoms with Crippen molar-refractivity contribution in [1.29, 1.82) is 0 Å². The number of rotatable bonds is 30. The molecule has 8 bridgehead atoms. The van der Waals surface area contributed by atoms with E-state index in [1.165, 1.54) is 13.8 Å². The second kappa shape index (κ2) is 33.9. The van der Waals surface area contributed by atoms with Crippen molar-refractivity contribution in [3.05, 3.63) is 140 Å². The van der Waals surface area contributed by atoms with Gasteiger partial charge in [-0.2, -0.15) is 149 Å². The monoisotopic (exact) mass is 2010 g/mol. The third kappa shape index (κ3) is 15.6. The SMILES string of the molecule is CCCSc1c(F)c(F)c(-c2c3nc(c(-c4c(F)c(F)c(SCCC(F)(F)C(F)(F)C(F)(F)C(F)(F)C(F)(F)C(F)(F)C(F)(F)C(F)(F)F)c(F)c4F)c4ccc([nH]4)c(-c4c(F)c(F)c(SCCC(F)(F)C(F)(F)C(F)(F)C(F)(F)C(F)(F)C(F)(F)C(F)(F)C(F)(F)F)c(F)c4F)c4nc(c(-c5c(F)c(F)c(SCCC)c(F)c5F)c5ccc2[nH]5)C=C4)C=C3)c(F)c1F. The minimum Gasteiger partial charge on any atom is -0.354 e. The van der Waals surface area contributed by atoms with Crippen LogP contribution in [-0.4, -0.2) is 138 Å². The average molecular weight is 2010 g/mol. The number of H-pyrrole nitrogens is 2. The number of alkyl halides is 34. The van der Waals surface area contributed by atoms with Crippen LogP contribution in [0.2, 0.25) is 0 Å². The highest BCUT2D eigenvalue weighted by atomic mass is 32.2. The van der Waals surface area contributed by atoms with E-state index in [9.17, 15) is 132 Å². The summed E-state index contributed by atoms with van der Waals surface area (Å²) in [5.41, 5.74) is -27.3. The highest BCUT2D eigenvalue weighted by Gasteiger charge is 2.97. The highest BCUT2D eigenvalue weighted by molar-refractivity contribution is 8.00. The van der Waals surface area contributed by atoms with Crippen molar-refractivity contribution in [3.8, 4) is 44.5 Å². The summed E-state index contributed by atoms with van der Waals surface area (Å²) in [4.78, 5) is 3.51. The van der Waals surface area contributed by atoms with Gasteiger partial charge in [0.25, 0.3) is 0 Å². The molecular weight excluding hydrogens is 1970 g/mol. The van der Waals surface area contributed by atoms with E-state index in [0.29, 0.717) is 12.1 Å². The molecule has 0 atom stereocenters. The molecule has 128 heavy (non-hydrogen) atoms. The van der Waals surface area contributed by atoms with Crippen molar-refractivity contribution < 1.29 is 220 Å². The summed E-state index contributed by atoms with van der Waals surface area (Å²) >= 11 is -2.71. The molecule has 0 fully saturated rings. The van der Waals surface area contributed by atoms with Gasteiger partial charge in [-0.1, -0.05) is 13.8 Å². The Balaban J connectivity index is 1.33. The average Bonchev–Trinajstić information content (AvgIpc) is 1.24. The molecule has 58 heteroatoms. The third-order valence-corrected chi connectivity index (χ3v) is 23.1. The van der Waals surface area contributed by atoms with Crippen LogP contribution in [0.5, 0.6) is 0 Å². The van der Waals surface area contributed by atoms with Gasteiger partial charge in [-0.3, -0.25) is 0 Å². The molecular formula is C70H32F50N4S4. The van der Waals surface area contributed by atoms with E-state index in [2.05, 4.69) is 15.0 Å². The maximum atomic E-state index is 17.3. The predicted octanol–water partition coefficient (Wildman–Crippen LogP) is 29.5. The van der Waals surface area contributed by atoms with Gasteiger partial charge < -0.3 is 9.97 Å². The van der Waals surface area contributed by atoms with Gasteiger partial charge in [-0.05, 0) is 72.9 Å². The molecule has 0 amide bonds. The lowest BCUT2D eigenvalue weighted by atomic mass is 9.88. The maximum Gasteiger partial charge on any atom is 0.460 e. The Bertz CT molecular complexity index is 5340. The summed E-state index contributed by atoms with van der Waals surface area (Å²) in [5, 5.41) is 0. The fourth-order valence-corrected chi connectivity index (χ4v) is 15.4. The zero-order valence-electron chi connectivity index (χ0n) is 60.7. The molecule has 2 aliphatic rings. The number of fused-ring (bicyclic) bond motifs is 8. The van der Waals surface area contributed by atoms with E-state index >= 15 is 87.8 Å². The van der Waals surface area contributed by atoms with Gasteiger partial charge in [0.2, 0.25) is 0 Å². The Kier molecular flexibility index (Phi) is 27.3. The number of thioether (sulfide) groups is 4. The van der Waals surface area contributed by atoms with Crippen molar-refractivity contribution in [2.45, 2.75) is 154 Å². The number of aromatic nitrogens is 4. The van der Waals surface area contributed by atoms with Gasteiger partial charge in [0.15, 0.2) is 93.1 Å². The number of aromatic amines is 2. The summed E-state index contributed by atoms with van der Waals surface area (Å²) in [6.45, 7) is 2.71. The van der Waals surface area contributed by atoms with E-state index in [4.69, 9.17) is 0 Å². The Morgan fingerprint density at radius 3 is 0.555 bits per heavy atom. The minimum absolute atomic E-state index is 0.0256. The highest BCUT2D eigenvalue weighted by Crippen LogP contribution is 2.67. The summed E-state index contributed by atoms with van der Waals surface area (Å²) in [6.07, 6.45) is -22.6. The molecule has 7 aromatic rings. The van der Waals surface area contributed by atoms with E-state index in [1.54, 1.807) is 0 Å². The summed E-state index contributed by atoms with van der Waals surface area (Å²) in [5.74, 6) is -173. The Hall–Kier alpha value is -8.62.